The van der Waals surface area contributed by atoms with Gasteiger partial charge in [-0.3, -0.25) is 15.1 Å². The zero-order valence-electron chi connectivity index (χ0n) is 10.7. The molecule has 0 saturated carbocycles. The standard InChI is InChI=1S/C14H14N2O3/c1-9-13(10(2)17)7-8-14(15-9)11-3-5-12(6-4-11)16(18)19/h3-8,10,17H,1-2H3. The Balaban J connectivity index is 2.37. The molecule has 0 amide bonds. The van der Waals surface area contributed by atoms with Crippen LogP contribution in [0.4, 0.5) is 5.69 Å². The van der Waals surface area contributed by atoms with Crippen molar-refractivity contribution in [2.24, 2.45) is 0 Å². The summed E-state index contributed by atoms with van der Waals surface area (Å²) in [6.07, 6.45) is -0.557. The second-order valence-corrected chi connectivity index (χ2v) is 4.35. The second-order valence-electron chi connectivity index (χ2n) is 4.35. The molecule has 1 aromatic carbocycles. The highest BCUT2D eigenvalue weighted by Gasteiger charge is 2.09. The van der Waals surface area contributed by atoms with Crippen LogP contribution in [0.2, 0.25) is 0 Å². The van der Waals surface area contributed by atoms with Crippen molar-refractivity contribution in [1.82, 2.24) is 4.98 Å². The number of aliphatic hydroxyl groups excluding tert-OH is 1. The van der Waals surface area contributed by atoms with E-state index in [9.17, 15) is 15.2 Å². The Morgan fingerprint density at radius 2 is 1.84 bits per heavy atom. The molecule has 98 valence electrons. The number of aryl methyl sites for hydroxylation is 1. The minimum Gasteiger partial charge on any atom is -0.389 e. The van der Waals surface area contributed by atoms with E-state index >= 15 is 0 Å². The molecular weight excluding hydrogens is 244 g/mol. The molecule has 0 aliphatic rings. The van der Waals surface area contributed by atoms with Crippen LogP contribution >= 0.6 is 0 Å². The van der Waals surface area contributed by atoms with Gasteiger partial charge in [-0.05, 0) is 32.0 Å². The van der Waals surface area contributed by atoms with Gasteiger partial charge < -0.3 is 5.11 Å². The molecule has 1 aromatic heterocycles. The van der Waals surface area contributed by atoms with E-state index in [1.807, 2.05) is 13.0 Å². The predicted molar refractivity (Wildman–Crippen MR) is 71.7 cm³/mol. The third-order valence-corrected chi connectivity index (χ3v) is 2.95. The third kappa shape index (κ3) is 2.77. The zero-order chi connectivity index (χ0) is 14.0. The summed E-state index contributed by atoms with van der Waals surface area (Å²) in [7, 11) is 0. The first-order chi connectivity index (χ1) is 8.99. The number of benzene rings is 1. The number of nitro groups is 1. The molecule has 0 saturated heterocycles. The van der Waals surface area contributed by atoms with Crippen molar-refractivity contribution >= 4 is 5.69 Å². The molecule has 0 bridgehead atoms. The van der Waals surface area contributed by atoms with Crippen LogP contribution in [0.1, 0.15) is 24.3 Å². The molecule has 0 spiro atoms. The molecule has 1 heterocycles. The maximum Gasteiger partial charge on any atom is 0.269 e. The van der Waals surface area contributed by atoms with Crippen molar-refractivity contribution < 1.29 is 10.0 Å². The molecule has 0 aliphatic heterocycles. The van der Waals surface area contributed by atoms with E-state index in [2.05, 4.69) is 4.98 Å². The second kappa shape index (κ2) is 5.16. The van der Waals surface area contributed by atoms with E-state index in [0.29, 0.717) is 0 Å². The van der Waals surface area contributed by atoms with Gasteiger partial charge in [-0.2, -0.15) is 0 Å². The molecule has 5 nitrogen and oxygen atoms in total. The van der Waals surface area contributed by atoms with E-state index in [1.165, 1.54) is 12.1 Å². The molecule has 0 radical (unpaired) electrons. The Bertz CT molecular complexity index is 607. The van der Waals surface area contributed by atoms with Crippen LogP contribution < -0.4 is 0 Å². The van der Waals surface area contributed by atoms with Crippen LogP contribution in [0.3, 0.4) is 0 Å². The van der Waals surface area contributed by atoms with Crippen molar-refractivity contribution in [3.05, 3.63) is 57.8 Å². The molecule has 1 atom stereocenters. The third-order valence-electron chi connectivity index (χ3n) is 2.95. The topological polar surface area (TPSA) is 76.3 Å². The lowest BCUT2D eigenvalue weighted by molar-refractivity contribution is -0.384. The highest BCUT2D eigenvalue weighted by atomic mass is 16.6. The Labute approximate surface area is 110 Å². The van der Waals surface area contributed by atoms with Gasteiger partial charge in [0.05, 0.1) is 16.7 Å². The van der Waals surface area contributed by atoms with Gasteiger partial charge in [-0.1, -0.05) is 6.07 Å². The number of aliphatic hydroxyl groups is 1. The van der Waals surface area contributed by atoms with E-state index in [0.717, 1.165) is 22.5 Å². The first-order valence-corrected chi connectivity index (χ1v) is 5.89. The lowest BCUT2D eigenvalue weighted by atomic mass is 10.1. The Kier molecular flexibility index (Phi) is 3.57. The molecular formula is C14H14N2O3. The van der Waals surface area contributed by atoms with Crippen LogP contribution in [0, 0.1) is 17.0 Å². The maximum absolute atomic E-state index is 10.6. The molecule has 1 unspecified atom stereocenters. The van der Waals surface area contributed by atoms with Gasteiger partial charge >= 0.3 is 0 Å². The summed E-state index contributed by atoms with van der Waals surface area (Å²) in [6.45, 7) is 3.52. The van der Waals surface area contributed by atoms with Crippen molar-refractivity contribution in [1.29, 1.82) is 0 Å². The first-order valence-electron chi connectivity index (χ1n) is 5.89. The van der Waals surface area contributed by atoms with Crippen LogP contribution in [-0.2, 0) is 0 Å². The van der Waals surface area contributed by atoms with Crippen LogP contribution in [0.15, 0.2) is 36.4 Å². The van der Waals surface area contributed by atoms with Gasteiger partial charge in [-0.15, -0.1) is 0 Å². The van der Waals surface area contributed by atoms with Gasteiger partial charge in [0, 0.05) is 29.0 Å². The largest absolute Gasteiger partial charge is 0.389 e. The summed E-state index contributed by atoms with van der Waals surface area (Å²) in [4.78, 5) is 14.6. The van der Waals surface area contributed by atoms with Gasteiger partial charge in [0.2, 0.25) is 0 Å². The fourth-order valence-electron chi connectivity index (χ4n) is 1.93. The number of hydrogen-bond donors (Lipinski definition) is 1. The summed E-state index contributed by atoms with van der Waals surface area (Å²) in [5, 5.41) is 20.1. The summed E-state index contributed by atoms with van der Waals surface area (Å²) in [6, 6.07) is 9.87. The van der Waals surface area contributed by atoms with Crippen LogP contribution in [-0.4, -0.2) is 15.0 Å². The van der Waals surface area contributed by atoms with Gasteiger partial charge in [0.1, 0.15) is 0 Å². The highest BCUT2D eigenvalue weighted by Crippen LogP contribution is 2.23. The summed E-state index contributed by atoms with van der Waals surface area (Å²) >= 11 is 0. The number of aromatic nitrogens is 1. The molecule has 19 heavy (non-hydrogen) atoms. The maximum atomic E-state index is 10.6. The number of nitrogens with zero attached hydrogens (tertiary/aromatic N) is 2. The molecule has 2 aromatic rings. The SMILES string of the molecule is Cc1nc(-c2ccc([N+](=O)[O-])cc2)ccc1C(C)O. The average Bonchev–Trinajstić information content (AvgIpc) is 2.38. The lowest BCUT2D eigenvalue weighted by Gasteiger charge is -2.09. The molecule has 5 heteroatoms. The normalized spacial score (nSPS) is 12.2. The monoisotopic (exact) mass is 258 g/mol. The fourth-order valence-corrected chi connectivity index (χ4v) is 1.93. The van der Waals surface area contributed by atoms with E-state index in [-0.39, 0.29) is 5.69 Å². The summed E-state index contributed by atoms with van der Waals surface area (Å²) in [5.41, 5.74) is 3.14. The first kappa shape index (κ1) is 13.2. The number of rotatable bonds is 3. The van der Waals surface area contributed by atoms with Gasteiger partial charge in [0.25, 0.3) is 5.69 Å². The smallest absolute Gasteiger partial charge is 0.269 e. The Morgan fingerprint density at radius 1 is 1.21 bits per heavy atom. The zero-order valence-corrected chi connectivity index (χ0v) is 10.7. The number of hydrogen-bond acceptors (Lipinski definition) is 4. The Morgan fingerprint density at radius 3 is 2.32 bits per heavy atom. The van der Waals surface area contributed by atoms with Crippen molar-refractivity contribution in [3.63, 3.8) is 0 Å². The van der Waals surface area contributed by atoms with Gasteiger partial charge in [-0.25, -0.2) is 0 Å². The minimum absolute atomic E-state index is 0.0565. The number of nitro benzene ring substituents is 1. The minimum atomic E-state index is -0.557. The van der Waals surface area contributed by atoms with Crippen molar-refractivity contribution in [3.8, 4) is 11.3 Å². The quantitative estimate of drug-likeness (QED) is 0.678. The molecule has 0 aliphatic carbocycles. The van der Waals surface area contributed by atoms with Crippen molar-refractivity contribution in [2.75, 3.05) is 0 Å². The fraction of sp³-hybridized carbons (Fsp3) is 0.214. The summed E-state index contributed by atoms with van der Waals surface area (Å²) < 4.78 is 0. The number of pyridine rings is 1. The predicted octanol–water partition coefficient (Wildman–Crippen LogP) is 3.02. The molecule has 2 rings (SSSR count). The van der Waals surface area contributed by atoms with Gasteiger partial charge in [0.15, 0.2) is 0 Å². The Hall–Kier alpha value is -2.27. The van der Waals surface area contributed by atoms with E-state index in [1.54, 1.807) is 25.1 Å². The summed E-state index contributed by atoms with van der Waals surface area (Å²) in [5.74, 6) is 0. The van der Waals surface area contributed by atoms with Crippen LogP contribution in [0.5, 0.6) is 0 Å². The highest BCUT2D eigenvalue weighted by molar-refractivity contribution is 5.61. The van der Waals surface area contributed by atoms with E-state index in [4.69, 9.17) is 0 Å². The van der Waals surface area contributed by atoms with Crippen molar-refractivity contribution in [2.45, 2.75) is 20.0 Å². The number of non-ortho nitro benzene ring substituents is 1. The van der Waals surface area contributed by atoms with Crippen LogP contribution in [0.25, 0.3) is 11.3 Å². The molecule has 0 fully saturated rings. The van der Waals surface area contributed by atoms with E-state index < -0.39 is 11.0 Å². The molecule has 1 N–H and O–H groups in total. The lowest BCUT2D eigenvalue weighted by Crippen LogP contribution is -1.98. The average molecular weight is 258 g/mol.